The van der Waals surface area contributed by atoms with Crippen molar-refractivity contribution in [2.75, 3.05) is 5.32 Å². The van der Waals surface area contributed by atoms with E-state index < -0.39 is 22.8 Å². The smallest absolute Gasteiger partial charge is 0.311 e. The topological polar surface area (TPSA) is 118 Å². The zero-order valence-electron chi connectivity index (χ0n) is 11.4. The van der Waals surface area contributed by atoms with Gasteiger partial charge in [0.15, 0.2) is 11.5 Å². The van der Waals surface area contributed by atoms with Crippen molar-refractivity contribution in [1.29, 1.82) is 0 Å². The maximum atomic E-state index is 11.3. The largest absolute Gasteiger partial charge is 0.481 e. The normalized spacial score (nSPS) is 12.0. The van der Waals surface area contributed by atoms with Crippen LogP contribution in [0.3, 0.4) is 0 Å². The van der Waals surface area contributed by atoms with E-state index in [4.69, 9.17) is 5.73 Å². The molecule has 7 nitrogen and oxygen atoms in total. The van der Waals surface area contributed by atoms with Crippen LogP contribution in [0.25, 0.3) is 0 Å². The van der Waals surface area contributed by atoms with E-state index >= 15 is 0 Å². The maximum absolute atomic E-state index is 11.3. The Morgan fingerprint density at radius 2 is 1.74 bits per heavy atom. The molecule has 0 aromatic carbocycles. The lowest BCUT2D eigenvalue weighted by molar-refractivity contribution is -0.149. The van der Waals surface area contributed by atoms with Gasteiger partial charge in [-0.25, -0.2) is 9.97 Å². The zero-order chi connectivity index (χ0) is 14.8. The van der Waals surface area contributed by atoms with Crippen LogP contribution < -0.4 is 11.1 Å². The quantitative estimate of drug-likeness (QED) is 0.728. The van der Waals surface area contributed by atoms with Gasteiger partial charge in [-0.1, -0.05) is 0 Å². The van der Waals surface area contributed by atoms with Gasteiger partial charge in [0.05, 0.1) is 5.41 Å². The molecular weight excluding hydrogens is 248 g/mol. The summed E-state index contributed by atoms with van der Waals surface area (Å²) in [5.74, 6) is -1.51. The monoisotopic (exact) mass is 266 g/mol. The molecule has 0 atom stereocenters. The summed E-state index contributed by atoms with van der Waals surface area (Å²) >= 11 is 0. The predicted octanol–water partition coefficient (Wildman–Crippen LogP) is 0.877. The molecule has 104 valence electrons. The molecule has 19 heavy (non-hydrogen) atoms. The Labute approximate surface area is 111 Å². The van der Waals surface area contributed by atoms with E-state index in [0.29, 0.717) is 0 Å². The number of anilines is 1. The van der Waals surface area contributed by atoms with Crippen LogP contribution in [0.5, 0.6) is 0 Å². The molecule has 0 aliphatic carbocycles. The molecule has 0 aliphatic heterocycles. The van der Waals surface area contributed by atoms with Gasteiger partial charge in [-0.2, -0.15) is 0 Å². The molecule has 0 saturated carbocycles. The number of carboxylic acids is 1. The fraction of sp³-hybridized carbons (Fsp3) is 0.500. The summed E-state index contributed by atoms with van der Waals surface area (Å²) in [5, 5.41) is 12.2. The van der Waals surface area contributed by atoms with Crippen LogP contribution in [0.4, 0.5) is 5.82 Å². The van der Waals surface area contributed by atoms with E-state index in [9.17, 15) is 14.7 Å². The maximum Gasteiger partial charge on any atom is 0.311 e. The molecule has 1 rings (SSSR count). The number of rotatable bonds is 5. The van der Waals surface area contributed by atoms with Gasteiger partial charge in [-0.05, 0) is 27.7 Å². The third kappa shape index (κ3) is 2.81. The highest BCUT2D eigenvalue weighted by Crippen LogP contribution is 2.33. The molecular formula is C12H18N4O3. The summed E-state index contributed by atoms with van der Waals surface area (Å²) in [4.78, 5) is 30.4. The molecule has 0 fully saturated rings. The number of nitrogens with zero attached hydrogens (tertiary/aromatic N) is 2. The van der Waals surface area contributed by atoms with Gasteiger partial charge in [-0.15, -0.1) is 0 Å². The van der Waals surface area contributed by atoms with Gasteiger partial charge in [0.2, 0.25) is 0 Å². The van der Waals surface area contributed by atoms with E-state index in [-0.39, 0.29) is 11.5 Å². The minimum atomic E-state index is -1.08. The third-order valence-corrected chi connectivity index (χ3v) is 3.46. The second-order valence-electron chi connectivity index (χ2n) is 5.30. The number of nitrogens with two attached hydrogens (primary N) is 1. The van der Waals surface area contributed by atoms with Gasteiger partial charge < -0.3 is 16.2 Å². The SMILES string of the molecule is CC(C)(Nc1nccnc1C(N)=O)C(C)(C)C(=O)O. The Kier molecular flexibility index (Phi) is 3.78. The minimum Gasteiger partial charge on any atom is -0.481 e. The number of hydrogen-bond acceptors (Lipinski definition) is 5. The number of amides is 1. The summed E-state index contributed by atoms with van der Waals surface area (Å²) in [6.45, 7) is 6.59. The van der Waals surface area contributed by atoms with Crippen molar-refractivity contribution in [1.82, 2.24) is 9.97 Å². The van der Waals surface area contributed by atoms with Crippen molar-refractivity contribution in [3.8, 4) is 0 Å². The Morgan fingerprint density at radius 3 is 2.21 bits per heavy atom. The molecule has 1 aromatic rings. The van der Waals surface area contributed by atoms with Gasteiger partial charge in [0.25, 0.3) is 5.91 Å². The molecule has 1 aromatic heterocycles. The highest BCUT2D eigenvalue weighted by molar-refractivity contribution is 5.95. The first-order chi connectivity index (χ1) is 8.59. The number of aliphatic carboxylic acids is 1. The van der Waals surface area contributed by atoms with E-state index in [1.165, 1.54) is 12.4 Å². The molecule has 4 N–H and O–H groups in total. The minimum absolute atomic E-state index is 0.0169. The van der Waals surface area contributed by atoms with Crippen molar-refractivity contribution in [2.45, 2.75) is 33.2 Å². The van der Waals surface area contributed by atoms with Crippen LogP contribution in [-0.4, -0.2) is 32.5 Å². The molecule has 1 heterocycles. The highest BCUT2D eigenvalue weighted by Gasteiger charge is 2.44. The van der Waals surface area contributed by atoms with E-state index in [2.05, 4.69) is 15.3 Å². The predicted molar refractivity (Wildman–Crippen MR) is 69.7 cm³/mol. The summed E-state index contributed by atoms with van der Waals surface area (Å²) in [7, 11) is 0. The Hall–Kier alpha value is -2.18. The van der Waals surface area contributed by atoms with Gasteiger partial charge in [-0.3, -0.25) is 9.59 Å². The first kappa shape index (κ1) is 14.9. The van der Waals surface area contributed by atoms with Crippen LogP contribution in [0.1, 0.15) is 38.2 Å². The Bertz CT molecular complexity index is 511. The summed E-state index contributed by atoms with van der Waals surface area (Å²) in [5.41, 5.74) is 3.24. The Balaban J connectivity index is 3.15. The van der Waals surface area contributed by atoms with Crippen LogP contribution in [-0.2, 0) is 4.79 Å². The lowest BCUT2D eigenvalue weighted by atomic mass is 9.74. The third-order valence-electron chi connectivity index (χ3n) is 3.46. The van der Waals surface area contributed by atoms with Crippen molar-refractivity contribution in [3.05, 3.63) is 18.1 Å². The van der Waals surface area contributed by atoms with Crippen molar-refractivity contribution >= 4 is 17.7 Å². The molecule has 1 amide bonds. The van der Waals surface area contributed by atoms with Crippen LogP contribution in [0, 0.1) is 5.41 Å². The number of nitrogens with one attached hydrogen (secondary N) is 1. The summed E-state index contributed by atoms with van der Waals surface area (Å²) in [6, 6.07) is 0. The molecule has 0 radical (unpaired) electrons. The second kappa shape index (κ2) is 4.83. The highest BCUT2D eigenvalue weighted by atomic mass is 16.4. The lowest BCUT2D eigenvalue weighted by Crippen LogP contribution is -2.51. The van der Waals surface area contributed by atoms with E-state index in [1.807, 2.05) is 0 Å². The van der Waals surface area contributed by atoms with Gasteiger partial charge in [0.1, 0.15) is 0 Å². The van der Waals surface area contributed by atoms with Crippen LogP contribution in [0.15, 0.2) is 12.4 Å². The molecule has 0 unspecified atom stereocenters. The van der Waals surface area contributed by atoms with Crippen molar-refractivity contribution in [2.24, 2.45) is 11.1 Å². The fourth-order valence-electron chi connectivity index (χ4n) is 1.33. The summed E-state index contributed by atoms with van der Waals surface area (Å²) < 4.78 is 0. The number of carbonyl (C=O) groups is 2. The molecule has 0 bridgehead atoms. The average Bonchev–Trinajstić information content (AvgIpc) is 2.28. The number of carboxylic acid groups (broad SMARTS) is 1. The first-order valence-corrected chi connectivity index (χ1v) is 5.72. The first-order valence-electron chi connectivity index (χ1n) is 5.72. The molecule has 0 spiro atoms. The van der Waals surface area contributed by atoms with E-state index in [0.717, 1.165) is 0 Å². The number of hydrogen-bond donors (Lipinski definition) is 3. The average molecular weight is 266 g/mol. The number of primary amides is 1. The van der Waals surface area contributed by atoms with Gasteiger partial charge >= 0.3 is 5.97 Å². The molecule has 0 aliphatic rings. The van der Waals surface area contributed by atoms with Crippen molar-refractivity contribution < 1.29 is 14.7 Å². The molecule has 0 saturated heterocycles. The number of carbonyl (C=O) groups excluding carboxylic acids is 1. The molecule has 7 heteroatoms. The number of aromatic nitrogens is 2. The fourth-order valence-corrected chi connectivity index (χ4v) is 1.33. The standard InChI is InChI=1S/C12H18N4O3/c1-11(2,10(18)19)12(3,4)16-9-7(8(13)17)14-5-6-15-9/h5-6H,1-4H3,(H2,13,17)(H,15,16)(H,18,19). The van der Waals surface area contributed by atoms with Gasteiger partial charge in [0, 0.05) is 17.9 Å². The summed E-state index contributed by atoms with van der Waals surface area (Å²) in [6.07, 6.45) is 2.75. The lowest BCUT2D eigenvalue weighted by Gasteiger charge is -2.39. The zero-order valence-corrected chi connectivity index (χ0v) is 11.4. The Morgan fingerprint density at radius 1 is 1.21 bits per heavy atom. The van der Waals surface area contributed by atoms with Crippen LogP contribution in [0.2, 0.25) is 0 Å². The van der Waals surface area contributed by atoms with E-state index in [1.54, 1.807) is 27.7 Å². The van der Waals surface area contributed by atoms with Crippen molar-refractivity contribution in [3.63, 3.8) is 0 Å². The van der Waals surface area contributed by atoms with Crippen LogP contribution >= 0.6 is 0 Å². The second-order valence-corrected chi connectivity index (χ2v) is 5.30.